The van der Waals surface area contributed by atoms with E-state index in [1.807, 2.05) is 22.9 Å². The number of aryl methyl sites for hydroxylation is 1. The maximum Gasteiger partial charge on any atom is 0.419 e. The molecule has 3 aromatic rings. The Bertz CT molecular complexity index is 1520. The van der Waals surface area contributed by atoms with Gasteiger partial charge in [0.2, 0.25) is 0 Å². The number of aliphatic imine (C=N–C) groups is 2. The molecule has 0 bridgehead atoms. The predicted octanol–water partition coefficient (Wildman–Crippen LogP) is 5.43. The lowest BCUT2D eigenvalue weighted by Gasteiger charge is -2.16. The second-order valence-corrected chi connectivity index (χ2v) is 9.43. The Morgan fingerprint density at radius 1 is 1.24 bits per heavy atom. The number of rotatable bonds is 2. The average molecular weight is 540 g/mol. The summed E-state index contributed by atoms with van der Waals surface area (Å²) in [5.41, 5.74) is 12.6. The SMILES string of the molecule is CCc1cccc2c1-n1nc3c(c1-c1c(cc(Cl)c(N)c1C=N)C2)CN=C/C(C(F)(F)F)=C\NC=NCC3. The van der Waals surface area contributed by atoms with E-state index in [2.05, 4.69) is 22.2 Å². The Morgan fingerprint density at radius 2 is 2.05 bits per heavy atom. The molecule has 0 radical (unpaired) electrons. The van der Waals surface area contributed by atoms with Gasteiger partial charge in [-0.25, -0.2) is 4.68 Å². The summed E-state index contributed by atoms with van der Waals surface area (Å²) in [7, 11) is 0. The zero-order chi connectivity index (χ0) is 27.0. The number of nitrogens with one attached hydrogen (secondary N) is 2. The van der Waals surface area contributed by atoms with Crippen molar-refractivity contribution < 1.29 is 13.2 Å². The van der Waals surface area contributed by atoms with Gasteiger partial charge in [0.15, 0.2) is 0 Å². The first-order valence-electron chi connectivity index (χ1n) is 12.1. The molecule has 0 spiro atoms. The van der Waals surface area contributed by atoms with Crippen LogP contribution in [-0.2, 0) is 25.8 Å². The van der Waals surface area contributed by atoms with E-state index in [1.54, 1.807) is 6.07 Å². The van der Waals surface area contributed by atoms with Crippen molar-refractivity contribution >= 4 is 36.1 Å². The molecular weight excluding hydrogens is 515 g/mol. The molecule has 0 saturated carbocycles. The van der Waals surface area contributed by atoms with Crippen LogP contribution in [0.2, 0.25) is 5.02 Å². The highest BCUT2D eigenvalue weighted by atomic mass is 35.5. The van der Waals surface area contributed by atoms with Crippen molar-refractivity contribution in [3.8, 4) is 16.9 Å². The van der Waals surface area contributed by atoms with Gasteiger partial charge >= 0.3 is 6.18 Å². The number of hydrogen-bond donors (Lipinski definition) is 3. The molecule has 0 fully saturated rings. The van der Waals surface area contributed by atoms with Crippen LogP contribution >= 0.6 is 11.6 Å². The van der Waals surface area contributed by atoms with E-state index in [1.165, 1.54) is 12.6 Å². The van der Waals surface area contributed by atoms with Gasteiger partial charge < -0.3 is 16.5 Å². The monoisotopic (exact) mass is 539 g/mol. The summed E-state index contributed by atoms with van der Waals surface area (Å²) >= 11 is 6.48. The summed E-state index contributed by atoms with van der Waals surface area (Å²) < 4.78 is 42.5. The number of nitrogens with two attached hydrogens (primary N) is 1. The van der Waals surface area contributed by atoms with Gasteiger partial charge in [-0.1, -0.05) is 36.7 Å². The predicted molar refractivity (Wildman–Crippen MR) is 145 cm³/mol. The smallest absolute Gasteiger partial charge is 0.397 e. The molecule has 196 valence electrons. The molecule has 0 aliphatic carbocycles. The number of benzene rings is 2. The minimum Gasteiger partial charge on any atom is -0.397 e. The summed E-state index contributed by atoms with van der Waals surface area (Å²) in [5.74, 6) is 0. The third-order valence-corrected chi connectivity index (χ3v) is 7.07. The maximum absolute atomic E-state index is 13.5. The van der Waals surface area contributed by atoms with Crippen LogP contribution in [0.3, 0.4) is 0 Å². The Hall–Kier alpha value is -3.92. The van der Waals surface area contributed by atoms with Gasteiger partial charge in [0.1, 0.15) is 0 Å². The van der Waals surface area contributed by atoms with E-state index in [9.17, 15) is 13.2 Å². The normalized spacial score (nSPS) is 16.4. The van der Waals surface area contributed by atoms with Crippen LogP contribution in [0.15, 0.2) is 46.0 Å². The van der Waals surface area contributed by atoms with Crippen molar-refractivity contribution in [2.24, 2.45) is 9.98 Å². The Balaban J connectivity index is 1.83. The molecule has 3 heterocycles. The second kappa shape index (κ2) is 10.1. The molecule has 0 saturated heterocycles. The number of fused-ring (bicyclic) bond motifs is 7. The van der Waals surface area contributed by atoms with Gasteiger partial charge in [-0.15, -0.1) is 0 Å². The minimum absolute atomic E-state index is 0.0508. The van der Waals surface area contributed by atoms with Crippen LogP contribution in [0.4, 0.5) is 18.9 Å². The summed E-state index contributed by atoms with van der Waals surface area (Å²) in [5, 5.41) is 16.0. The lowest BCUT2D eigenvalue weighted by atomic mass is 9.91. The van der Waals surface area contributed by atoms with Crippen molar-refractivity contribution in [3.63, 3.8) is 0 Å². The maximum atomic E-state index is 13.5. The quantitative estimate of drug-likeness (QED) is 0.234. The van der Waals surface area contributed by atoms with E-state index in [-0.39, 0.29) is 12.2 Å². The third kappa shape index (κ3) is 4.49. The number of allylic oxidation sites excluding steroid dienone is 1. The fourth-order valence-corrected chi connectivity index (χ4v) is 5.21. The number of hydrogen-bond acceptors (Lipinski definition) is 6. The van der Waals surface area contributed by atoms with Crippen molar-refractivity contribution in [2.45, 2.75) is 38.9 Å². The topological polar surface area (TPSA) is 104 Å². The number of nitrogen functional groups attached to an aromatic ring is 1. The molecule has 2 aromatic carbocycles. The van der Waals surface area contributed by atoms with Crippen LogP contribution in [-0.4, -0.2) is 41.3 Å². The zero-order valence-electron chi connectivity index (χ0n) is 20.5. The fraction of sp³-hybridized carbons (Fsp3) is 0.259. The highest BCUT2D eigenvalue weighted by molar-refractivity contribution is 6.34. The first-order chi connectivity index (χ1) is 18.2. The molecule has 2 aliphatic rings. The summed E-state index contributed by atoms with van der Waals surface area (Å²) in [4.78, 5) is 8.42. The molecule has 4 N–H and O–H groups in total. The second-order valence-electron chi connectivity index (χ2n) is 9.02. The number of halogens is 4. The zero-order valence-corrected chi connectivity index (χ0v) is 21.3. The Kier molecular flexibility index (Phi) is 6.83. The molecular formula is C27H25ClF3N7. The van der Waals surface area contributed by atoms with Gasteiger partial charge in [-0.3, -0.25) is 9.98 Å². The van der Waals surface area contributed by atoms with E-state index >= 15 is 0 Å². The van der Waals surface area contributed by atoms with Crippen LogP contribution in [0.5, 0.6) is 0 Å². The number of aromatic nitrogens is 2. The van der Waals surface area contributed by atoms with Crippen LogP contribution < -0.4 is 11.1 Å². The third-order valence-electron chi connectivity index (χ3n) is 6.75. The van der Waals surface area contributed by atoms with Crippen molar-refractivity contribution in [3.05, 3.63) is 74.6 Å². The fourth-order valence-electron chi connectivity index (χ4n) is 4.98. The van der Waals surface area contributed by atoms with Crippen LogP contribution in [0.1, 0.15) is 40.4 Å². The lowest BCUT2D eigenvalue weighted by Crippen LogP contribution is -2.17. The molecule has 0 atom stereocenters. The van der Waals surface area contributed by atoms with Crippen molar-refractivity contribution in [1.29, 1.82) is 5.41 Å². The first-order valence-corrected chi connectivity index (χ1v) is 12.5. The molecule has 11 heteroatoms. The molecule has 5 rings (SSSR count). The number of para-hydroxylation sites is 1. The van der Waals surface area contributed by atoms with E-state index < -0.39 is 11.7 Å². The van der Waals surface area contributed by atoms with Gasteiger partial charge in [-0.2, -0.15) is 18.3 Å². The lowest BCUT2D eigenvalue weighted by molar-refractivity contribution is -0.0858. The Labute approximate surface area is 222 Å². The average Bonchev–Trinajstić information content (AvgIpc) is 3.14. The van der Waals surface area contributed by atoms with E-state index in [0.29, 0.717) is 52.5 Å². The summed E-state index contributed by atoms with van der Waals surface area (Å²) in [6, 6.07) is 7.86. The Morgan fingerprint density at radius 3 is 2.79 bits per heavy atom. The standard InChI is InChI=1S/C27H25ClF3N7/c1-2-15-4-3-5-16-8-17-9-21(28)24(33)19(10-32)23(17)26-20-13-35-11-18(27(29,30)31)12-36-14-34-7-6-22(20)37-38(26)25(15)16/h3-5,9-12,14,32H,2,6-8,13,33H2,1H3,(H,34,36)/b18-12+,32-10?,35-11?. The van der Waals surface area contributed by atoms with Crippen molar-refractivity contribution in [1.82, 2.24) is 15.1 Å². The molecule has 0 amide bonds. The largest absolute Gasteiger partial charge is 0.419 e. The first kappa shape index (κ1) is 25.7. The van der Waals surface area contributed by atoms with Gasteiger partial charge in [0.05, 0.1) is 46.2 Å². The number of anilines is 1. The minimum atomic E-state index is -4.59. The highest BCUT2D eigenvalue weighted by Gasteiger charge is 2.33. The summed E-state index contributed by atoms with van der Waals surface area (Å²) in [6.45, 7) is 2.32. The van der Waals surface area contributed by atoms with E-state index in [4.69, 9.17) is 27.8 Å². The van der Waals surface area contributed by atoms with Gasteiger partial charge in [0.25, 0.3) is 0 Å². The van der Waals surface area contributed by atoms with E-state index in [0.717, 1.165) is 41.2 Å². The van der Waals surface area contributed by atoms with Gasteiger partial charge in [-0.05, 0) is 29.2 Å². The molecule has 2 aliphatic heterocycles. The number of alkyl halides is 3. The van der Waals surface area contributed by atoms with Crippen LogP contribution in [0, 0.1) is 5.41 Å². The molecule has 38 heavy (non-hydrogen) atoms. The van der Waals surface area contributed by atoms with Gasteiger partial charge in [0, 0.05) is 54.7 Å². The molecule has 0 unspecified atom stereocenters. The number of nitrogens with zero attached hydrogens (tertiary/aromatic N) is 4. The molecule has 1 aromatic heterocycles. The highest BCUT2D eigenvalue weighted by Crippen LogP contribution is 2.43. The summed E-state index contributed by atoms with van der Waals surface area (Å²) in [6.07, 6.45) is 1.18. The van der Waals surface area contributed by atoms with Crippen molar-refractivity contribution in [2.75, 3.05) is 12.3 Å². The van der Waals surface area contributed by atoms with Crippen LogP contribution in [0.25, 0.3) is 16.9 Å². The molecule has 7 nitrogen and oxygen atoms in total.